The van der Waals surface area contributed by atoms with Crippen molar-refractivity contribution in [1.82, 2.24) is 9.78 Å². The molecule has 0 saturated carbocycles. The van der Waals surface area contributed by atoms with Crippen LogP contribution in [0.1, 0.15) is 15.9 Å². The summed E-state index contributed by atoms with van der Waals surface area (Å²) in [6.07, 6.45) is 0. The molecule has 1 heterocycles. The number of nitro groups is 1. The van der Waals surface area contributed by atoms with Gasteiger partial charge >= 0.3 is 0 Å². The highest BCUT2D eigenvalue weighted by Crippen LogP contribution is 2.25. The zero-order valence-corrected chi connectivity index (χ0v) is 13.9. The zero-order valence-electron chi connectivity index (χ0n) is 11.8. The maximum atomic E-state index is 11.1. The molecular weight excluding hydrogens is 411 g/mol. The Bertz CT molecular complexity index is 918. The van der Waals surface area contributed by atoms with E-state index in [-0.39, 0.29) is 5.69 Å². The first kappa shape index (κ1) is 15.4. The number of rotatable bonds is 4. The number of amides is 1. The van der Waals surface area contributed by atoms with E-state index < -0.39 is 10.8 Å². The second kappa shape index (κ2) is 5.95. The van der Waals surface area contributed by atoms with Crippen LogP contribution in [-0.2, 0) is 6.54 Å². The Morgan fingerprint density at radius 1 is 1.26 bits per heavy atom. The summed E-state index contributed by atoms with van der Waals surface area (Å²) >= 11 is 2.10. The van der Waals surface area contributed by atoms with Crippen molar-refractivity contribution < 1.29 is 9.72 Å². The fourth-order valence-electron chi connectivity index (χ4n) is 2.30. The van der Waals surface area contributed by atoms with Gasteiger partial charge in [0.05, 0.1) is 17.0 Å². The average molecular weight is 422 g/mol. The molecule has 1 aromatic heterocycles. The van der Waals surface area contributed by atoms with E-state index in [0.717, 1.165) is 14.7 Å². The minimum Gasteiger partial charge on any atom is -0.366 e. The number of nitro benzene ring substituents is 1. The molecule has 7 nitrogen and oxygen atoms in total. The number of hydrogen-bond donors (Lipinski definition) is 1. The number of nitrogens with zero attached hydrogens (tertiary/aromatic N) is 3. The van der Waals surface area contributed by atoms with Gasteiger partial charge in [-0.1, -0.05) is 12.1 Å². The molecule has 0 aliphatic carbocycles. The molecule has 0 bridgehead atoms. The van der Waals surface area contributed by atoms with E-state index in [9.17, 15) is 14.9 Å². The molecule has 3 aromatic rings. The van der Waals surface area contributed by atoms with Gasteiger partial charge in [-0.25, -0.2) is 0 Å². The molecule has 116 valence electrons. The van der Waals surface area contributed by atoms with E-state index in [4.69, 9.17) is 5.73 Å². The smallest absolute Gasteiger partial charge is 0.271 e. The highest BCUT2D eigenvalue weighted by molar-refractivity contribution is 14.1. The molecule has 3 rings (SSSR count). The van der Waals surface area contributed by atoms with Crippen molar-refractivity contribution in [3.63, 3.8) is 0 Å². The van der Waals surface area contributed by atoms with E-state index >= 15 is 0 Å². The molecule has 23 heavy (non-hydrogen) atoms. The first-order chi connectivity index (χ1) is 11.0. The maximum Gasteiger partial charge on any atom is 0.271 e. The lowest BCUT2D eigenvalue weighted by Gasteiger charge is -2.04. The number of benzene rings is 2. The number of halogens is 1. The van der Waals surface area contributed by atoms with E-state index in [1.807, 2.05) is 0 Å². The number of aromatic nitrogens is 2. The summed E-state index contributed by atoms with van der Waals surface area (Å²) in [5.41, 5.74) is 7.29. The van der Waals surface area contributed by atoms with Crippen LogP contribution in [0.2, 0.25) is 0 Å². The SMILES string of the molecule is NC(=O)c1ccc(Cn2nc(I)c3ccc([N+](=O)[O-])cc32)cc1. The van der Waals surface area contributed by atoms with Crippen molar-refractivity contribution in [3.05, 3.63) is 67.4 Å². The standard InChI is InChI=1S/C15H11IN4O3/c16-14-12-6-5-11(20(22)23)7-13(12)19(18-14)8-9-1-3-10(4-2-9)15(17)21/h1-7H,8H2,(H2,17,21). The van der Waals surface area contributed by atoms with E-state index in [0.29, 0.717) is 17.6 Å². The normalized spacial score (nSPS) is 10.8. The third-order valence-electron chi connectivity index (χ3n) is 3.47. The number of fused-ring (bicyclic) bond motifs is 1. The largest absolute Gasteiger partial charge is 0.366 e. The molecule has 0 fully saturated rings. The van der Waals surface area contributed by atoms with Gasteiger partial charge in [0.15, 0.2) is 0 Å². The minimum atomic E-state index is -0.480. The number of carbonyl (C=O) groups is 1. The molecule has 0 unspecified atom stereocenters. The van der Waals surface area contributed by atoms with E-state index in [1.54, 1.807) is 35.0 Å². The quantitative estimate of drug-likeness (QED) is 0.397. The molecule has 0 radical (unpaired) electrons. The Morgan fingerprint density at radius 2 is 1.96 bits per heavy atom. The van der Waals surface area contributed by atoms with Crippen LogP contribution >= 0.6 is 22.6 Å². The van der Waals surface area contributed by atoms with Gasteiger partial charge in [-0.2, -0.15) is 5.10 Å². The summed E-state index contributed by atoms with van der Waals surface area (Å²) in [5, 5.41) is 16.3. The minimum absolute atomic E-state index is 0.0270. The first-order valence-electron chi connectivity index (χ1n) is 6.65. The van der Waals surface area contributed by atoms with Crippen LogP contribution in [0.15, 0.2) is 42.5 Å². The Balaban J connectivity index is 2.00. The van der Waals surface area contributed by atoms with Crippen LogP contribution in [0.4, 0.5) is 5.69 Å². The Labute approximate surface area is 144 Å². The second-order valence-electron chi connectivity index (χ2n) is 4.97. The molecule has 0 spiro atoms. The van der Waals surface area contributed by atoms with Crippen LogP contribution in [0, 0.1) is 13.8 Å². The van der Waals surface area contributed by atoms with E-state index in [1.165, 1.54) is 12.1 Å². The Morgan fingerprint density at radius 3 is 2.57 bits per heavy atom. The van der Waals surface area contributed by atoms with Gasteiger partial charge in [0.2, 0.25) is 5.91 Å². The topological polar surface area (TPSA) is 104 Å². The van der Waals surface area contributed by atoms with Crippen LogP contribution in [-0.4, -0.2) is 20.6 Å². The highest BCUT2D eigenvalue weighted by Gasteiger charge is 2.14. The zero-order chi connectivity index (χ0) is 16.6. The number of nitrogens with two attached hydrogens (primary N) is 1. The van der Waals surface area contributed by atoms with Crippen LogP contribution < -0.4 is 5.73 Å². The Hall–Kier alpha value is -2.49. The molecule has 1 amide bonds. The third kappa shape index (κ3) is 3.02. The summed E-state index contributed by atoms with van der Waals surface area (Å²) < 4.78 is 2.49. The molecule has 0 saturated heterocycles. The molecular formula is C15H11IN4O3. The predicted molar refractivity (Wildman–Crippen MR) is 93.2 cm³/mol. The molecule has 2 N–H and O–H groups in total. The lowest BCUT2D eigenvalue weighted by atomic mass is 10.1. The predicted octanol–water partition coefficient (Wildman–Crippen LogP) is 2.70. The van der Waals surface area contributed by atoms with Crippen molar-refractivity contribution >= 4 is 45.1 Å². The van der Waals surface area contributed by atoms with Crippen molar-refractivity contribution in [2.24, 2.45) is 5.73 Å². The highest BCUT2D eigenvalue weighted by atomic mass is 127. The third-order valence-corrected chi connectivity index (χ3v) is 4.27. The lowest BCUT2D eigenvalue weighted by Crippen LogP contribution is -2.11. The Kier molecular flexibility index (Phi) is 3.99. The first-order valence-corrected chi connectivity index (χ1v) is 7.73. The number of primary amides is 1. The summed E-state index contributed by atoms with van der Waals surface area (Å²) in [4.78, 5) is 21.6. The maximum absolute atomic E-state index is 11.1. The summed E-state index contributed by atoms with van der Waals surface area (Å²) in [7, 11) is 0. The van der Waals surface area contributed by atoms with Gasteiger partial charge in [-0.05, 0) is 46.4 Å². The van der Waals surface area contributed by atoms with Gasteiger partial charge < -0.3 is 5.73 Å². The lowest BCUT2D eigenvalue weighted by molar-refractivity contribution is -0.384. The van der Waals surface area contributed by atoms with Crippen LogP contribution in [0.5, 0.6) is 0 Å². The van der Waals surface area contributed by atoms with Gasteiger partial charge in [-0.15, -0.1) is 0 Å². The van der Waals surface area contributed by atoms with Crippen molar-refractivity contribution in [2.75, 3.05) is 0 Å². The fourth-order valence-corrected chi connectivity index (χ4v) is 3.02. The molecule has 2 aromatic carbocycles. The van der Waals surface area contributed by atoms with Crippen molar-refractivity contribution in [3.8, 4) is 0 Å². The monoisotopic (exact) mass is 422 g/mol. The van der Waals surface area contributed by atoms with Gasteiger partial charge in [0.25, 0.3) is 5.69 Å². The average Bonchev–Trinajstić information content (AvgIpc) is 2.83. The van der Waals surface area contributed by atoms with Crippen molar-refractivity contribution in [1.29, 1.82) is 0 Å². The van der Waals surface area contributed by atoms with E-state index in [2.05, 4.69) is 27.7 Å². The summed E-state index contributed by atoms with van der Waals surface area (Å²) in [6, 6.07) is 11.6. The number of non-ortho nitro benzene ring substituents is 1. The van der Waals surface area contributed by atoms with Gasteiger partial charge in [-0.3, -0.25) is 19.6 Å². The van der Waals surface area contributed by atoms with Crippen LogP contribution in [0.3, 0.4) is 0 Å². The van der Waals surface area contributed by atoms with Crippen molar-refractivity contribution in [2.45, 2.75) is 6.54 Å². The number of carbonyl (C=O) groups excluding carboxylic acids is 1. The summed E-state index contributed by atoms with van der Waals surface area (Å²) in [5.74, 6) is -0.480. The molecule has 0 aliphatic heterocycles. The molecule has 8 heteroatoms. The van der Waals surface area contributed by atoms with Crippen LogP contribution in [0.25, 0.3) is 10.9 Å². The number of hydrogen-bond acceptors (Lipinski definition) is 4. The molecule has 0 atom stereocenters. The molecule has 0 aliphatic rings. The second-order valence-corrected chi connectivity index (χ2v) is 5.99. The fraction of sp³-hybridized carbons (Fsp3) is 0.0667. The van der Waals surface area contributed by atoms with Gasteiger partial charge in [0, 0.05) is 23.1 Å². The summed E-state index contributed by atoms with van der Waals surface area (Å²) in [6.45, 7) is 0.444. The van der Waals surface area contributed by atoms with Gasteiger partial charge in [0.1, 0.15) is 3.70 Å².